The van der Waals surface area contributed by atoms with E-state index in [1.807, 2.05) is 32.8 Å². The monoisotopic (exact) mass is 608 g/mol. The van der Waals surface area contributed by atoms with Gasteiger partial charge in [0.15, 0.2) is 15.9 Å². The maximum absolute atomic E-state index is 13.8. The number of sulfone groups is 1. The Hall–Kier alpha value is -2.58. The van der Waals surface area contributed by atoms with Crippen molar-refractivity contribution < 1.29 is 43.9 Å². The van der Waals surface area contributed by atoms with Crippen LogP contribution in [0.5, 0.6) is 0 Å². The zero-order chi connectivity index (χ0) is 31.4. The van der Waals surface area contributed by atoms with Gasteiger partial charge in [-0.2, -0.15) is 0 Å². The summed E-state index contributed by atoms with van der Waals surface area (Å²) in [6, 6.07) is 11.6. The van der Waals surface area contributed by atoms with Crippen LogP contribution in [0.25, 0.3) is 0 Å². The summed E-state index contributed by atoms with van der Waals surface area (Å²) in [5.41, 5.74) is 1.00. The highest BCUT2D eigenvalue weighted by molar-refractivity contribution is 7.91. The molecule has 0 aliphatic carbocycles. The zero-order valence-electron chi connectivity index (χ0n) is 24.5. The lowest BCUT2D eigenvalue weighted by molar-refractivity contribution is -0.144. The minimum Gasteiger partial charge on any atom is -0.394 e. The Morgan fingerprint density at radius 1 is 1.07 bits per heavy atom. The summed E-state index contributed by atoms with van der Waals surface area (Å²) in [5.74, 6) is -2.05. The second-order valence-electron chi connectivity index (χ2n) is 11.4. The molecule has 0 saturated heterocycles. The molecule has 11 nitrogen and oxygen atoms in total. The molecule has 0 spiro atoms. The van der Waals surface area contributed by atoms with E-state index in [9.17, 15) is 38.7 Å². The number of nitrogens with one attached hydrogen (secondary N) is 1. The van der Waals surface area contributed by atoms with E-state index in [1.165, 1.54) is 6.07 Å². The lowest BCUT2D eigenvalue weighted by Crippen LogP contribution is -2.50. The molecule has 7 atom stereocenters. The molecule has 0 radical (unpaired) electrons. The summed E-state index contributed by atoms with van der Waals surface area (Å²) in [6.07, 6.45) is -6.54. The van der Waals surface area contributed by atoms with E-state index in [2.05, 4.69) is 5.32 Å². The average Bonchev–Trinajstić information content (AvgIpc) is 3.04. The fraction of sp³-hybridized carbons (Fsp3) is 0.567. The molecule has 0 bridgehead atoms. The standard InChI is InChI=1S/C30H44N2O9S/c1-5-7-13-30(6-2)17-42(40,41)23-12-11-20(32(3)4)15-21(23)24(28(30)38)18-9-8-10-19(14-18)31-29(39)27(37)26(36)25(35)22(34)16-33/h8-12,14-15,22,24-28,33-38H,5-7,13,16-17H2,1-4H3,(H,31,39)/t22-,24+,25-,26+,27-,28+,30+/m1/s1. The first-order valence-electron chi connectivity index (χ1n) is 14.2. The van der Waals surface area contributed by atoms with E-state index in [0.717, 1.165) is 18.5 Å². The van der Waals surface area contributed by atoms with E-state index >= 15 is 0 Å². The van der Waals surface area contributed by atoms with Crippen LogP contribution in [0.15, 0.2) is 47.4 Å². The third-order valence-corrected chi connectivity index (χ3v) is 10.4. The molecular weight excluding hydrogens is 564 g/mol. The van der Waals surface area contributed by atoms with Gasteiger partial charge < -0.3 is 40.9 Å². The van der Waals surface area contributed by atoms with Crippen LogP contribution in [-0.2, 0) is 14.6 Å². The van der Waals surface area contributed by atoms with Crippen LogP contribution in [0.2, 0.25) is 0 Å². The Labute approximate surface area is 247 Å². The van der Waals surface area contributed by atoms with Crippen molar-refractivity contribution in [2.45, 2.75) is 80.9 Å². The number of hydrogen-bond donors (Lipinski definition) is 7. The van der Waals surface area contributed by atoms with Gasteiger partial charge in [0, 0.05) is 36.8 Å². The molecule has 7 N–H and O–H groups in total. The van der Waals surface area contributed by atoms with Crippen molar-refractivity contribution in [3.8, 4) is 0 Å². The highest BCUT2D eigenvalue weighted by atomic mass is 32.2. The maximum Gasteiger partial charge on any atom is 0.256 e. The van der Waals surface area contributed by atoms with Gasteiger partial charge in [-0.1, -0.05) is 38.8 Å². The van der Waals surface area contributed by atoms with E-state index in [1.54, 1.807) is 36.4 Å². The first kappa shape index (κ1) is 33.9. The lowest BCUT2D eigenvalue weighted by Gasteiger charge is -2.39. The number of aliphatic hydroxyl groups is 6. The fourth-order valence-corrected chi connectivity index (χ4v) is 7.96. The van der Waals surface area contributed by atoms with Gasteiger partial charge in [0.2, 0.25) is 0 Å². The number of anilines is 2. The van der Waals surface area contributed by atoms with Crippen molar-refractivity contribution in [1.29, 1.82) is 0 Å². The molecule has 0 fully saturated rings. The molecule has 0 saturated carbocycles. The number of nitrogens with zero attached hydrogens (tertiary/aromatic N) is 1. The molecule has 2 aromatic rings. The zero-order valence-corrected chi connectivity index (χ0v) is 25.3. The Bertz CT molecular complexity index is 1340. The molecule has 0 aromatic heterocycles. The highest BCUT2D eigenvalue weighted by Crippen LogP contribution is 2.49. The van der Waals surface area contributed by atoms with Crippen molar-refractivity contribution in [2.24, 2.45) is 5.41 Å². The van der Waals surface area contributed by atoms with Crippen molar-refractivity contribution in [3.05, 3.63) is 53.6 Å². The Morgan fingerprint density at radius 2 is 1.76 bits per heavy atom. The average molecular weight is 609 g/mol. The molecule has 234 valence electrons. The van der Waals surface area contributed by atoms with Crippen molar-refractivity contribution in [1.82, 2.24) is 0 Å². The molecule has 1 aliphatic rings. The molecule has 1 heterocycles. The SMILES string of the molecule is CCCC[C@@]1(CC)CS(=O)(=O)c2ccc(N(C)C)cc2[C@H](c2cccc(NC(=O)[C@H](O)[C@@H](O)[C@H](O)[C@H](O)CO)c2)[C@@H]1O. The van der Waals surface area contributed by atoms with Gasteiger partial charge in [-0.25, -0.2) is 8.42 Å². The van der Waals surface area contributed by atoms with Crippen LogP contribution in [-0.4, -0.2) is 102 Å². The summed E-state index contributed by atoms with van der Waals surface area (Å²) in [5, 5.41) is 63.4. The highest BCUT2D eigenvalue weighted by Gasteiger charge is 2.49. The minimum absolute atomic E-state index is 0.147. The van der Waals surface area contributed by atoms with E-state index in [-0.39, 0.29) is 16.3 Å². The number of hydrogen-bond acceptors (Lipinski definition) is 10. The number of amides is 1. The Kier molecular flexibility index (Phi) is 11.2. The summed E-state index contributed by atoms with van der Waals surface area (Å²) >= 11 is 0. The second-order valence-corrected chi connectivity index (χ2v) is 13.4. The smallest absolute Gasteiger partial charge is 0.256 e. The van der Waals surface area contributed by atoms with Crippen LogP contribution in [0.4, 0.5) is 11.4 Å². The minimum atomic E-state index is -3.78. The number of unbranched alkanes of at least 4 members (excludes halogenated alkanes) is 1. The van der Waals surface area contributed by atoms with Gasteiger partial charge in [0.05, 0.1) is 23.4 Å². The number of aliphatic hydroxyl groups excluding tert-OH is 6. The number of fused-ring (bicyclic) bond motifs is 1. The normalized spacial score (nSPS) is 24.5. The molecule has 3 rings (SSSR count). The molecule has 42 heavy (non-hydrogen) atoms. The van der Waals surface area contributed by atoms with Crippen molar-refractivity contribution >= 4 is 27.1 Å². The largest absolute Gasteiger partial charge is 0.394 e. The van der Waals surface area contributed by atoms with Gasteiger partial charge in [-0.05, 0) is 54.3 Å². The predicted octanol–water partition coefficient (Wildman–Crippen LogP) is 0.994. The molecule has 2 aromatic carbocycles. The van der Waals surface area contributed by atoms with Gasteiger partial charge in [0.1, 0.15) is 18.3 Å². The summed E-state index contributed by atoms with van der Waals surface area (Å²) in [7, 11) is -0.112. The van der Waals surface area contributed by atoms with Gasteiger partial charge in [-0.3, -0.25) is 4.79 Å². The third kappa shape index (κ3) is 6.96. The topological polar surface area (TPSA) is 188 Å². The number of carbonyl (C=O) groups excluding carboxylic acids is 1. The van der Waals surface area contributed by atoms with Crippen LogP contribution < -0.4 is 10.2 Å². The van der Waals surface area contributed by atoms with Gasteiger partial charge in [0.25, 0.3) is 5.91 Å². The predicted molar refractivity (Wildman–Crippen MR) is 159 cm³/mol. The number of carbonyl (C=O) groups is 1. The molecular formula is C30H44N2O9S. The van der Waals surface area contributed by atoms with Gasteiger partial charge in [-0.15, -0.1) is 0 Å². The van der Waals surface area contributed by atoms with Crippen LogP contribution >= 0.6 is 0 Å². The van der Waals surface area contributed by atoms with Crippen molar-refractivity contribution in [2.75, 3.05) is 36.7 Å². The molecule has 12 heteroatoms. The summed E-state index contributed by atoms with van der Waals surface area (Å²) in [4.78, 5) is 14.7. The van der Waals surface area contributed by atoms with Crippen LogP contribution in [0.3, 0.4) is 0 Å². The number of rotatable bonds is 12. The second kappa shape index (κ2) is 13.8. The first-order chi connectivity index (χ1) is 19.7. The van der Waals surface area contributed by atoms with Crippen molar-refractivity contribution in [3.63, 3.8) is 0 Å². The Morgan fingerprint density at radius 3 is 2.36 bits per heavy atom. The number of benzene rings is 2. The molecule has 0 unspecified atom stereocenters. The van der Waals surface area contributed by atoms with E-state index in [0.29, 0.717) is 24.0 Å². The maximum atomic E-state index is 13.8. The third-order valence-electron chi connectivity index (χ3n) is 8.37. The molecule has 1 amide bonds. The first-order valence-corrected chi connectivity index (χ1v) is 15.8. The Balaban J connectivity index is 2.11. The van der Waals surface area contributed by atoms with Crippen LogP contribution in [0, 0.1) is 5.41 Å². The molecule has 1 aliphatic heterocycles. The van der Waals surface area contributed by atoms with Gasteiger partial charge >= 0.3 is 0 Å². The van der Waals surface area contributed by atoms with E-state index in [4.69, 9.17) is 5.11 Å². The fourth-order valence-electron chi connectivity index (χ4n) is 5.71. The summed E-state index contributed by atoms with van der Waals surface area (Å²) < 4.78 is 27.6. The quantitative estimate of drug-likeness (QED) is 0.183. The van der Waals surface area contributed by atoms with Crippen LogP contribution in [0.1, 0.15) is 56.6 Å². The van der Waals surface area contributed by atoms with E-state index < -0.39 is 64.2 Å². The lowest BCUT2D eigenvalue weighted by atomic mass is 9.69. The summed E-state index contributed by atoms with van der Waals surface area (Å²) in [6.45, 7) is 3.01.